The van der Waals surface area contributed by atoms with Crippen molar-refractivity contribution >= 4 is 22.1 Å². The van der Waals surface area contributed by atoms with E-state index in [0.29, 0.717) is 56.2 Å². The summed E-state index contributed by atoms with van der Waals surface area (Å²) in [4.78, 5) is 20.9. The van der Waals surface area contributed by atoms with E-state index in [1.165, 1.54) is 23.3 Å². The molecule has 0 unspecified atom stereocenters. The van der Waals surface area contributed by atoms with E-state index in [1.807, 2.05) is 121 Å². The van der Waals surface area contributed by atoms with Crippen molar-refractivity contribution in [1.82, 2.24) is 29.1 Å². The second kappa shape index (κ2) is 38.4. The van der Waals surface area contributed by atoms with Gasteiger partial charge in [-0.3, -0.25) is 19.1 Å². The molecule has 662 valence electrons. The zero-order chi connectivity index (χ0) is 100. The Bertz CT molecular complexity index is 7650. The average Bonchev–Trinajstić information content (AvgIpc) is 1.45. The topological polar surface area (TPSA) is 102 Å². The van der Waals surface area contributed by atoms with Crippen molar-refractivity contribution in [3.8, 4) is 157 Å². The zero-order valence-corrected chi connectivity index (χ0v) is 80.7. The maximum Gasteiger partial charge on any atom is 0.148 e. The molecule has 0 saturated heterocycles. The van der Waals surface area contributed by atoms with Crippen LogP contribution in [-0.2, 0) is 58.4 Å². The summed E-state index contributed by atoms with van der Waals surface area (Å²) >= 11 is 0. The predicted molar refractivity (Wildman–Crippen MR) is 541 cm³/mol. The van der Waals surface area contributed by atoms with E-state index >= 15 is 0 Å². The third-order valence-corrected chi connectivity index (χ3v) is 24.6. The summed E-state index contributed by atoms with van der Waals surface area (Å²) in [6.07, 6.45) is 3.45. The number of nitrogens with zero attached hydrogens (tertiary/aromatic N) is 6. The van der Waals surface area contributed by atoms with Crippen molar-refractivity contribution in [3.05, 3.63) is 384 Å². The fraction of sp³-hybridized carbons (Fsp3) is 0.207. The molecule has 10 heteroatoms. The normalized spacial score (nSPS) is 13.5. The van der Waals surface area contributed by atoms with Gasteiger partial charge in [-0.05, 0) is 191 Å². The van der Waals surface area contributed by atoms with E-state index in [1.54, 1.807) is 42.7 Å². The van der Waals surface area contributed by atoms with Crippen LogP contribution in [0.25, 0.3) is 168 Å². The molecule has 0 atom stereocenters. The third-order valence-electron chi connectivity index (χ3n) is 24.6. The third kappa shape index (κ3) is 19.4. The molecular formula is C121H114N6O2Pt2-2. The van der Waals surface area contributed by atoms with Crippen molar-refractivity contribution in [2.75, 3.05) is 0 Å². The number of benzene rings is 14. The number of aryl methyl sites for hydroxylation is 1. The molecule has 14 aromatic carbocycles. The maximum absolute atomic E-state index is 12.4. The molecule has 0 saturated carbocycles. The van der Waals surface area contributed by atoms with Gasteiger partial charge in [-0.15, -0.1) is 47.5 Å². The summed E-state index contributed by atoms with van der Waals surface area (Å²) in [6, 6.07) is 112. The van der Waals surface area contributed by atoms with Gasteiger partial charge in [-0.25, -0.2) is 9.97 Å². The van der Waals surface area contributed by atoms with E-state index in [4.69, 9.17) is 36.4 Å². The summed E-state index contributed by atoms with van der Waals surface area (Å²) in [5.41, 5.74) is 26.6. The van der Waals surface area contributed by atoms with Gasteiger partial charge in [0, 0.05) is 93.5 Å². The van der Waals surface area contributed by atoms with Crippen molar-refractivity contribution in [2.45, 2.75) is 164 Å². The smallest absolute Gasteiger partial charge is 0.148 e. The van der Waals surface area contributed by atoms with E-state index < -0.39 is 32.8 Å². The van der Waals surface area contributed by atoms with Gasteiger partial charge in [-0.1, -0.05) is 387 Å². The fourth-order valence-electron chi connectivity index (χ4n) is 17.2. The number of hydrogen-bond donors (Lipinski definition) is 2. The SMILES string of the molecule is [2H]C([2H])([2H])C(c1ccc(-c2ccnc(-c3[c-]c(-c4cccc5c4nc(-c4cc(C(C)C)cc(C(C)C)c4O)n5-c4ccc(C(C)(C)C)cc4-c4ccccc4)cc(-c4ccccc4)c3)c2)cc1)(C([2H])([2H])[2H])C([2H])([2H])[2H].[2H]C([2H])([2H])c1ccc(-c2ccnc(-c3[c-]c(-c4cccc5c4nc(-c4cc(C(C)C)cc(C(C)C)c4O)n5-c4ccc(C(C)(C)C)cc4-c4ccccc4)cc(-c4ccccc4)c3)c2)cc1.[Pt].[Pt]. The van der Waals surface area contributed by atoms with Gasteiger partial charge in [-0.2, -0.15) is 0 Å². The largest absolute Gasteiger partial charge is 0.507 e. The quantitative estimate of drug-likeness (QED) is 0.0830. The van der Waals surface area contributed by atoms with Gasteiger partial charge in [0.2, 0.25) is 0 Å². The number of aromatic hydroxyl groups is 2. The van der Waals surface area contributed by atoms with Crippen LogP contribution in [0.15, 0.2) is 328 Å². The number of aromatic nitrogens is 6. The first-order chi connectivity index (χ1) is 66.8. The van der Waals surface area contributed by atoms with Crippen molar-refractivity contribution in [1.29, 1.82) is 0 Å². The zero-order valence-electron chi connectivity index (χ0n) is 88.2. The summed E-state index contributed by atoms with van der Waals surface area (Å²) in [5, 5.41) is 24.7. The van der Waals surface area contributed by atoms with Gasteiger partial charge in [0.05, 0.1) is 44.6 Å². The van der Waals surface area contributed by atoms with Crippen molar-refractivity contribution in [2.24, 2.45) is 0 Å². The molecule has 0 fully saturated rings. The number of imidazole rings is 2. The van der Waals surface area contributed by atoms with Crippen LogP contribution in [0.1, 0.15) is 202 Å². The minimum absolute atomic E-state index is 0. The van der Waals surface area contributed by atoms with Crippen molar-refractivity contribution < 1.29 is 68.8 Å². The first kappa shape index (κ1) is 78.2. The summed E-state index contributed by atoms with van der Waals surface area (Å²) in [6.45, 7) is 18.2. The minimum Gasteiger partial charge on any atom is -0.507 e. The van der Waals surface area contributed by atoms with E-state index in [9.17, 15) is 10.2 Å². The van der Waals surface area contributed by atoms with Gasteiger partial charge in [0.25, 0.3) is 0 Å². The van der Waals surface area contributed by atoms with Gasteiger partial charge < -0.3 is 10.2 Å². The van der Waals surface area contributed by atoms with Crippen LogP contribution in [0.5, 0.6) is 11.5 Å². The van der Waals surface area contributed by atoms with Gasteiger partial charge >= 0.3 is 0 Å². The molecule has 4 aromatic heterocycles. The number of fused-ring (bicyclic) bond motifs is 2. The number of phenolic OH excluding ortho intramolecular Hbond substituents is 2. The molecule has 0 spiro atoms. The molecule has 0 aliphatic heterocycles. The molecule has 0 amide bonds. The Morgan fingerprint density at radius 3 is 1.02 bits per heavy atom. The number of para-hydroxylation sites is 2. The number of phenols is 2. The summed E-state index contributed by atoms with van der Waals surface area (Å²) in [7, 11) is 0. The Balaban J connectivity index is 0.000000214. The molecule has 18 aromatic rings. The first-order valence-electron chi connectivity index (χ1n) is 50.4. The Kier molecular flexibility index (Phi) is 22.9. The Labute approximate surface area is 820 Å². The van der Waals surface area contributed by atoms with Crippen LogP contribution >= 0.6 is 0 Å². The summed E-state index contributed by atoms with van der Waals surface area (Å²) in [5.74, 6) is 2.17. The van der Waals surface area contributed by atoms with Crippen molar-refractivity contribution in [3.63, 3.8) is 0 Å². The Hall–Kier alpha value is -12.7. The Morgan fingerprint density at radius 1 is 0.305 bits per heavy atom. The average molecular weight is 2090 g/mol. The molecule has 131 heavy (non-hydrogen) atoms. The second-order valence-corrected chi connectivity index (χ2v) is 37.1. The van der Waals surface area contributed by atoms with Crippen LogP contribution in [0.3, 0.4) is 0 Å². The number of hydrogen-bond acceptors (Lipinski definition) is 6. The molecule has 2 N–H and O–H groups in total. The van der Waals surface area contributed by atoms with Crippen LogP contribution < -0.4 is 0 Å². The Morgan fingerprint density at radius 2 is 0.664 bits per heavy atom. The summed E-state index contributed by atoms with van der Waals surface area (Å²) < 4.78 is 102. The molecule has 8 nitrogen and oxygen atoms in total. The fourth-order valence-corrected chi connectivity index (χ4v) is 17.2. The first-order valence-corrected chi connectivity index (χ1v) is 44.4. The standard InChI is InChI=1S/C62H60N3O.C59H54N3O.2Pt/c1-39(2)45-35-52(40(3)4)59(66)54(36-45)60-64-58-51(22-17-23-57(58)65(60)56-29-28-50(62(8,9)10)38-53(56)43-20-15-12-16-21-43)47-32-46(41-18-13-11-14-19-41)33-48(34-47)55-37-44(30-31-63-55)42-24-26-49(27-25-42)61(5,6)7;1-37(2)44-33-50(38(3)4)57(63)52(34-44)58-61-56-49(20-15-21-55(56)62(58)54-27-26-48(59(6,7)8)36-51(54)42-18-13-10-14-19-42)46-30-45(40-16-11-9-12-17-40)31-47(32-46)53-35-43(28-29-60-53)41-24-22-39(5)23-25-41;;/h11-33,35-40,66H,1-10H3;9-31,33-38,63H,1-8H3;;/q2*-1;;/i5D3,6D3,7D3;5D3;;. The maximum atomic E-state index is 12.4. The molecule has 18 rings (SSSR count). The predicted octanol–water partition coefficient (Wildman–Crippen LogP) is 32.5. The number of rotatable bonds is 18. The second-order valence-electron chi connectivity index (χ2n) is 37.1. The molecule has 0 aliphatic rings. The van der Waals surface area contributed by atoms with Gasteiger partial charge in [0.1, 0.15) is 23.1 Å². The molecule has 0 bridgehead atoms. The van der Waals surface area contributed by atoms with E-state index in [0.717, 1.165) is 139 Å². The van der Waals surface area contributed by atoms with Crippen LogP contribution in [-0.4, -0.2) is 39.3 Å². The molecule has 0 aliphatic carbocycles. The molecule has 4 heterocycles. The monoisotopic (exact) mass is 2080 g/mol. The molecular weight excluding hydrogens is 1960 g/mol. The van der Waals surface area contributed by atoms with Crippen LogP contribution in [0.2, 0.25) is 0 Å². The van der Waals surface area contributed by atoms with E-state index in [2.05, 4.69) is 270 Å². The number of pyridine rings is 2. The molecule has 0 radical (unpaired) electrons. The van der Waals surface area contributed by atoms with E-state index in [-0.39, 0.29) is 93.7 Å². The van der Waals surface area contributed by atoms with Crippen LogP contribution in [0, 0.1) is 19.0 Å². The minimum atomic E-state index is -3.38. The van der Waals surface area contributed by atoms with Gasteiger partial charge in [0.15, 0.2) is 0 Å². The van der Waals surface area contributed by atoms with Crippen LogP contribution in [0.4, 0.5) is 0 Å².